The molecule has 0 radical (unpaired) electrons. The lowest BCUT2D eigenvalue weighted by Gasteiger charge is -2.08. The van der Waals surface area contributed by atoms with Gasteiger partial charge in [-0.1, -0.05) is 4.99 Å². The third-order valence-electron chi connectivity index (χ3n) is 3.05. The van der Waals surface area contributed by atoms with Crippen LogP contribution in [0.3, 0.4) is 0 Å². The first-order chi connectivity index (χ1) is 13.5. The maximum Gasteiger partial charge on any atom is 0.340 e. The molecule has 0 bridgehead atoms. The van der Waals surface area contributed by atoms with E-state index in [2.05, 4.69) is 30.2 Å². The number of nitrogens with zero attached hydrogens (tertiary/aromatic N) is 2. The molecule has 0 aromatic carbocycles. The van der Waals surface area contributed by atoms with Crippen molar-refractivity contribution in [3.63, 3.8) is 0 Å². The number of carbonyl (C=O) groups excluding carboxylic acids is 2. The van der Waals surface area contributed by atoms with Crippen LogP contribution < -0.4 is 25.0 Å². The molecule has 0 spiro atoms. The number of aryl methyl sites for hydroxylation is 1. The van der Waals surface area contributed by atoms with Crippen LogP contribution in [0.25, 0.3) is 0 Å². The van der Waals surface area contributed by atoms with Gasteiger partial charge in [0.2, 0.25) is 17.7 Å². The zero-order chi connectivity index (χ0) is 20.5. The molecule has 3 N–H and O–H groups in total. The normalized spacial score (nSPS) is 10.1. The number of aromatic nitrogens is 2. The summed E-state index contributed by atoms with van der Waals surface area (Å²) in [5, 5.41) is 3.99. The Balaban J connectivity index is 1.78. The second kappa shape index (κ2) is 10.5. The summed E-state index contributed by atoms with van der Waals surface area (Å²) in [6.07, 6.45) is 0. The minimum absolute atomic E-state index is 0.0371. The van der Waals surface area contributed by atoms with Crippen molar-refractivity contribution >= 4 is 47.2 Å². The Morgan fingerprint density at radius 1 is 1.14 bits per heavy atom. The average Bonchev–Trinajstić information content (AvgIpc) is 3.07. The van der Waals surface area contributed by atoms with Crippen LogP contribution in [0.5, 0.6) is 11.8 Å². The van der Waals surface area contributed by atoms with Crippen LogP contribution >= 0.6 is 23.6 Å². The second-order valence-corrected chi connectivity index (χ2v) is 6.33. The molecule has 12 nitrogen and oxygen atoms in total. The van der Waals surface area contributed by atoms with Crippen molar-refractivity contribution in [1.29, 1.82) is 0 Å². The van der Waals surface area contributed by atoms with Gasteiger partial charge < -0.3 is 14.2 Å². The predicted molar refractivity (Wildman–Crippen MR) is 101 cm³/mol. The Bertz CT molecular complexity index is 810. The minimum Gasteiger partial charge on any atom is -0.481 e. The van der Waals surface area contributed by atoms with Crippen LogP contribution in [0.4, 0.5) is 16.4 Å². The van der Waals surface area contributed by atoms with Crippen LogP contribution in [0, 0.1) is 6.92 Å². The SMILES string of the molecule is COC(=O)c1csc(C)c1NOOSNC(=O)Nc1nc(OC)cc(OC)n1. The molecule has 0 unspecified atom stereocenters. The number of amides is 2. The molecule has 0 saturated heterocycles. The first-order valence-corrected chi connectivity index (χ1v) is 9.06. The number of carbonyl (C=O) groups is 2. The second-order valence-electron chi connectivity index (χ2n) is 4.74. The van der Waals surface area contributed by atoms with E-state index in [0.717, 1.165) is 4.88 Å². The molecule has 2 aromatic heterocycles. The van der Waals surface area contributed by atoms with Crippen molar-refractivity contribution in [2.24, 2.45) is 0 Å². The van der Waals surface area contributed by atoms with Gasteiger partial charge in [-0.25, -0.2) is 15.1 Å². The number of rotatable bonds is 9. The molecule has 0 aliphatic heterocycles. The fourth-order valence-corrected chi connectivity index (χ4v) is 2.78. The highest BCUT2D eigenvalue weighted by Gasteiger charge is 2.17. The number of anilines is 2. The molecule has 0 saturated carbocycles. The lowest BCUT2D eigenvalue weighted by atomic mass is 10.2. The third-order valence-corrected chi connectivity index (χ3v) is 4.37. The third kappa shape index (κ3) is 5.85. The van der Waals surface area contributed by atoms with Crippen molar-refractivity contribution in [3.05, 3.63) is 21.9 Å². The van der Waals surface area contributed by atoms with Crippen molar-refractivity contribution in [1.82, 2.24) is 14.7 Å². The van der Waals surface area contributed by atoms with E-state index in [9.17, 15) is 9.59 Å². The smallest absolute Gasteiger partial charge is 0.340 e. The van der Waals surface area contributed by atoms with Gasteiger partial charge in [-0.05, 0) is 6.92 Å². The molecule has 14 heteroatoms. The van der Waals surface area contributed by atoms with Crippen molar-refractivity contribution in [2.45, 2.75) is 6.92 Å². The van der Waals surface area contributed by atoms with E-state index in [4.69, 9.17) is 18.8 Å². The molecule has 0 fully saturated rings. The van der Waals surface area contributed by atoms with E-state index < -0.39 is 12.0 Å². The largest absolute Gasteiger partial charge is 0.481 e. The van der Waals surface area contributed by atoms with Crippen LogP contribution in [0.2, 0.25) is 0 Å². The zero-order valence-corrected chi connectivity index (χ0v) is 16.9. The van der Waals surface area contributed by atoms with E-state index in [1.165, 1.54) is 38.7 Å². The molecule has 0 aliphatic rings. The fraction of sp³-hybridized carbons (Fsp3) is 0.286. The molecular formula is C14H17N5O7S2. The summed E-state index contributed by atoms with van der Waals surface area (Å²) in [7, 11) is 4.11. The standard InChI is InChI=1S/C14H17N5O7S2/c1-7-11(8(6-27-7)12(20)24-4)18-25-26-28-19-14(21)17-13-15-9(22-2)5-10(16-13)23-3/h5-6,18H,1-4H3,(H2,15,16,17,19,21). The molecule has 152 valence electrons. The maximum absolute atomic E-state index is 11.8. The van der Waals surface area contributed by atoms with E-state index in [-0.39, 0.29) is 17.7 Å². The number of hydrogen-bond acceptors (Lipinski definition) is 12. The quantitative estimate of drug-likeness (QED) is 0.134. The summed E-state index contributed by atoms with van der Waals surface area (Å²) >= 11 is 1.80. The Labute approximate surface area is 168 Å². The molecule has 28 heavy (non-hydrogen) atoms. The number of hydrogen-bond donors (Lipinski definition) is 3. The lowest BCUT2D eigenvalue weighted by Crippen LogP contribution is -2.24. The van der Waals surface area contributed by atoms with E-state index in [1.54, 1.807) is 12.3 Å². The molecule has 2 rings (SSSR count). The van der Waals surface area contributed by atoms with Crippen LogP contribution in [0.1, 0.15) is 15.2 Å². The van der Waals surface area contributed by atoms with Crippen LogP contribution in [-0.2, 0) is 14.1 Å². The number of nitrogens with one attached hydrogen (secondary N) is 3. The average molecular weight is 431 g/mol. The first kappa shape index (κ1) is 21.5. The molecule has 0 atom stereocenters. The highest BCUT2D eigenvalue weighted by molar-refractivity contribution is 7.93. The summed E-state index contributed by atoms with van der Waals surface area (Å²) in [5.74, 6) is -0.128. The monoisotopic (exact) mass is 431 g/mol. The van der Waals surface area contributed by atoms with E-state index in [1.807, 2.05) is 0 Å². The van der Waals surface area contributed by atoms with Gasteiger partial charge in [-0.15, -0.1) is 15.7 Å². The minimum atomic E-state index is -0.689. The molecule has 2 aromatic rings. The predicted octanol–water partition coefficient (Wildman–Crippen LogP) is 2.31. The Kier molecular flexibility index (Phi) is 8.06. The van der Waals surface area contributed by atoms with Crippen molar-refractivity contribution in [3.8, 4) is 11.8 Å². The molecule has 2 amide bonds. The van der Waals surface area contributed by atoms with Gasteiger partial charge in [-0.3, -0.25) is 10.0 Å². The summed E-state index contributed by atoms with van der Waals surface area (Å²) in [4.78, 5) is 36.9. The zero-order valence-electron chi connectivity index (χ0n) is 15.2. The topological polar surface area (TPSA) is 142 Å². The first-order valence-electron chi connectivity index (χ1n) is 7.44. The Morgan fingerprint density at radius 2 is 1.82 bits per heavy atom. The maximum atomic E-state index is 11.8. The lowest BCUT2D eigenvalue weighted by molar-refractivity contribution is -0.161. The molecular weight excluding hydrogens is 414 g/mol. The van der Waals surface area contributed by atoms with Crippen molar-refractivity contribution < 1.29 is 33.1 Å². The van der Waals surface area contributed by atoms with Gasteiger partial charge in [0.15, 0.2) is 12.2 Å². The fourth-order valence-electron chi connectivity index (χ4n) is 1.77. The highest BCUT2D eigenvalue weighted by Crippen LogP contribution is 2.28. The summed E-state index contributed by atoms with van der Waals surface area (Å²) in [5.41, 5.74) is 3.17. The Morgan fingerprint density at radius 3 is 2.43 bits per heavy atom. The van der Waals surface area contributed by atoms with E-state index in [0.29, 0.717) is 23.5 Å². The number of thiophene rings is 1. The number of methoxy groups -OCH3 is 3. The summed E-state index contributed by atoms with van der Waals surface area (Å²) < 4.78 is 21.6. The van der Waals surface area contributed by atoms with Crippen LogP contribution in [0.15, 0.2) is 11.4 Å². The van der Waals surface area contributed by atoms with Crippen LogP contribution in [-0.4, -0.2) is 43.3 Å². The summed E-state index contributed by atoms with van der Waals surface area (Å²) in [6.45, 7) is 1.78. The highest BCUT2D eigenvalue weighted by atomic mass is 32.2. The van der Waals surface area contributed by atoms with Gasteiger partial charge in [0.05, 0.1) is 38.6 Å². The van der Waals surface area contributed by atoms with Gasteiger partial charge in [0.1, 0.15) is 0 Å². The number of esters is 1. The molecule has 0 aliphatic carbocycles. The van der Waals surface area contributed by atoms with Gasteiger partial charge in [-0.2, -0.15) is 9.97 Å². The summed E-state index contributed by atoms with van der Waals surface area (Å²) in [6, 6.07) is 0.765. The van der Waals surface area contributed by atoms with Crippen molar-refractivity contribution in [2.75, 3.05) is 32.1 Å². The van der Waals surface area contributed by atoms with Gasteiger partial charge in [0.25, 0.3) is 0 Å². The van der Waals surface area contributed by atoms with Gasteiger partial charge >= 0.3 is 12.0 Å². The van der Waals surface area contributed by atoms with Gasteiger partial charge in [0, 0.05) is 10.3 Å². The Hall–Kier alpha value is -2.81. The number of ether oxygens (including phenoxy) is 3. The molecule has 2 heterocycles. The number of urea groups is 1. The van der Waals surface area contributed by atoms with E-state index >= 15 is 0 Å².